The molecule has 10 nitrogen and oxygen atoms in total. The summed E-state index contributed by atoms with van der Waals surface area (Å²) in [5, 5.41) is 16.3. The molecule has 1 aliphatic heterocycles. The minimum atomic E-state index is -0.544. The summed E-state index contributed by atoms with van der Waals surface area (Å²) >= 11 is 0. The number of amides is 2. The first-order valence-corrected chi connectivity index (χ1v) is 12.2. The highest BCUT2D eigenvalue weighted by Crippen LogP contribution is 2.37. The molecule has 1 aromatic carbocycles. The first kappa shape index (κ1) is 27.5. The van der Waals surface area contributed by atoms with Crippen LogP contribution >= 0.6 is 0 Å². The largest absolute Gasteiger partial charge is 0.497 e. The van der Waals surface area contributed by atoms with Crippen LogP contribution in [-0.4, -0.2) is 69.5 Å². The Kier molecular flexibility index (Phi) is 9.46. The Morgan fingerprint density at radius 3 is 2.73 bits per heavy atom. The molecule has 2 heterocycles. The van der Waals surface area contributed by atoms with Gasteiger partial charge in [0.2, 0.25) is 6.41 Å². The number of methoxy groups -OCH3 is 1. The second-order valence-corrected chi connectivity index (χ2v) is 9.04. The Morgan fingerprint density at radius 2 is 2.05 bits per heavy atom. The fourth-order valence-corrected chi connectivity index (χ4v) is 4.30. The van der Waals surface area contributed by atoms with Crippen LogP contribution in [0.25, 0.3) is 0 Å². The molecule has 2 N–H and O–H groups in total. The number of allylic oxidation sites excluding steroid dienone is 2. The van der Waals surface area contributed by atoms with Gasteiger partial charge in [-0.2, -0.15) is 5.26 Å². The second kappa shape index (κ2) is 12.7. The summed E-state index contributed by atoms with van der Waals surface area (Å²) in [4.78, 5) is 41.6. The molecule has 1 aromatic heterocycles. The van der Waals surface area contributed by atoms with Crippen LogP contribution in [0.5, 0.6) is 5.75 Å². The van der Waals surface area contributed by atoms with Gasteiger partial charge in [0.05, 0.1) is 19.3 Å². The van der Waals surface area contributed by atoms with Gasteiger partial charge < -0.3 is 29.7 Å². The van der Waals surface area contributed by atoms with Crippen molar-refractivity contribution in [3.8, 4) is 11.8 Å². The third-order valence-electron chi connectivity index (χ3n) is 6.17. The van der Waals surface area contributed by atoms with Crippen LogP contribution in [0.4, 0.5) is 11.5 Å². The van der Waals surface area contributed by atoms with Gasteiger partial charge in [-0.15, -0.1) is 0 Å². The van der Waals surface area contributed by atoms with E-state index in [1.165, 1.54) is 19.1 Å². The molecule has 10 heteroatoms. The molecule has 0 aliphatic carbocycles. The number of ether oxygens (including phenoxy) is 1. The van der Waals surface area contributed by atoms with E-state index in [1.807, 2.05) is 19.9 Å². The molecular formula is C27H34N6O4. The topological polar surface area (TPSA) is 120 Å². The minimum absolute atomic E-state index is 0.161. The van der Waals surface area contributed by atoms with Crippen molar-refractivity contribution in [1.82, 2.24) is 15.2 Å². The lowest BCUT2D eigenvalue weighted by Crippen LogP contribution is -2.34. The molecule has 37 heavy (non-hydrogen) atoms. The Labute approximate surface area is 217 Å². The number of aromatic nitrogens is 1. The fourth-order valence-electron chi connectivity index (χ4n) is 4.30. The number of rotatable bonds is 10. The maximum absolute atomic E-state index is 13.6. The van der Waals surface area contributed by atoms with Crippen LogP contribution in [0.3, 0.4) is 0 Å². The van der Waals surface area contributed by atoms with E-state index in [1.54, 1.807) is 28.8 Å². The number of nitrogens with one attached hydrogen (secondary N) is 2. The van der Waals surface area contributed by atoms with Crippen molar-refractivity contribution in [2.75, 3.05) is 56.7 Å². The highest BCUT2D eigenvalue weighted by atomic mass is 16.5. The van der Waals surface area contributed by atoms with E-state index in [4.69, 9.17) is 4.74 Å². The molecule has 1 fully saturated rings. The monoisotopic (exact) mass is 506 g/mol. The zero-order valence-corrected chi connectivity index (χ0v) is 21.8. The van der Waals surface area contributed by atoms with E-state index in [9.17, 15) is 19.6 Å². The van der Waals surface area contributed by atoms with E-state index >= 15 is 0 Å². The summed E-state index contributed by atoms with van der Waals surface area (Å²) in [6.07, 6.45) is 3.41. The van der Waals surface area contributed by atoms with E-state index in [0.717, 1.165) is 25.1 Å². The summed E-state index contributed by atoms with van der Waals surface area (Å²) in [6.45, 7) is 6.91. The molecule has 0 radical (unpaired) electrons. The lowest BCUT2D eigenvalue weighted by atomic mass is 10.1. The Bertz CT molecular complexity index is 1210. The van der Waals surface area contributed by atoms with Crippen molar-refractivity contribution in [3.05, 3.63) is 52.7 Å². The Hall–Kier alpha value is -4.10. The van der Waals surface area contributed by atoms with Gasteiger partial charge in [-0.3, -0.25) is 14.4 Å². The third-order valence-corrected chi connectivity index (χ3v) is 6.17. The zero-order chi connectivity index (χ0) is 26.9. The number of hydrogen-bond acceptors (Lipinski definition) is 7. The number of benzene rings is 1. The third kappa shape index (κ3) is 6.37. The number of nitrogens with zero attached hydrogens (tertiary/aromatic N) is 4. The average Bonchev–Trinajstić information content (AvgIpc) is 3.03. The lowest BCUT2D eigenvalue weighted by molar-refractivity contribution is -0.107. The van der Waals surface area contributed by atoms with Gasteiger partial charge in [-0.05, 0) is 38.9 Å². The van der Waals surface area contributed by atoms with Crippen LogP contribution in [0, 0.1) is 11.3 Å². The quantitative estimate of drug-likeness (QED) is 0.288. The molecule has 1 saturated heterocycles. The van der Waals surface area contributed by atoms with E-state index in [2.05, 4.69) is 21.6 Å². The number of anilines is 2. The Morgan fingerprint density at radius 1 is 1.27 bits per heavy atom. The molecule has 0 spiro atoms. The predicted octanol–water partition coefficient (Wildman–Crippen LogP) is 2.34. The predicted molar refractivity (Wildman–Crippen MR) is 142 cm³/mol. The summed E-state index contributed by atoms with van der Waals surface area (Å²) in [6, 6.07) is 8.94. The first-order valence-electron chi connectivity index (χ1n) is 12.2. The molecule has 2 amide bonds. The standard InChI is InChI=1S/C27H34N6O4/c1-19(2)9-13-33-25(26(36)30-17-23(35)20-7-5-8-21(15-20)37-4)24(31(3)18-34)22(16-28)27(33)32-12-6-10-29-11-14-32/h5,7-9,15,18,29H,6,10-14,17H2,1-4H3,(H,30,36). The van der Waals surface area contributed by atoms with Crippen LogP contribution in [-0.2, 0) is 11.3 Å². The average molecular weight is 507 g/mol. The van der Waals surface area contributed by atoms with E-state index < -0.39 is 5.91 Å². The summed E-state index contributed by atoms with van der Waals surface area (Å²) < 4.78 is 6.96. The maximum atomic E-state index is 13.6. The normalized spacial score (nSPS) is 13.2. The first-order chi connectivity index (χ1) is 17.8. The van der Waals surface area contributed by atoms with Gasteiger partial charge in [0.15, 0.2) is 5.78 Å². The van der Waals surface area contributed by atoms with Gasteiger partial charge in [-0.1, -0.05) is 23.8 Å². The van der Waals surface area contributed by atoms with Gasteiger partial charge in [0.1, 0.15) is 28.9 Å². The molecule has 1 aliphatic rings. The van der Waals surface area contributed by atoms with Crippen LogP contribution < -0.4 is 25.2 Å². The van der Waals surface area contributed by atoms with Crippen molar-refractivity contribution < 1.29 is 19.1 Å². The van der Waals surface area contributed by atoms with E-state index in [-0.39, 0.29) is 29.3 Å². The second-order valence-electron chi connectivity index (χ2n) is 9.04. The van der Waals surface area contributed by atoms with Crippen molar-refractivity contribution in [2.45, 2.75) is 26.8 Å². The Balaban J connectivity index is 2.07. The number of nitriles is 1. The van der Waals surface area contributed by atoms with E-state index in [0.29, 0.717) is 43.2 Å². The van der Waals surface area contributed by atoms with Crippen LogP contribution in [0.1, 0.15) is 46.7 Å². The van der Waals surface area contributed by atoms with Gasteiger partial charge in [0.25, 0.3) is 5.91 Å². The van der Waals surface area contributed by atoms with Gasteiger partial charge in [-0.25, -0.2) is 0 Å². The van der Waals surface area contributed by atoms with Crippen LogP contribution in [0.15, 0.2) is 35.9 Å². The minimum Gasteiger partial charge on any atom is -0.497 e. The van der Waals surface area contributed by atoms with Crippen molar-refractivity contribution in [3.63, 3.8) is 0 Å². The van der Waals surface area contributed by atoms with Crippen molar-refractivity contribution in [1.29, 1.82) is 5.26 Å². The highest BCUT2D eigenvalue weighted by Gasteiger charge is 2.32. The lowest BCUT2D eigenvalue weighted by Gasteiger charge is -2.25. The number of carbonyl (C=O) groups excluding carboxylic acids is 3. The zero-order valence-electron chi connectivity index (χ0n) is 21.8. The molecule has 0 atom stereocenters. The smallest absolute Gasteiger partial charge is 0.270 e. The molecule has 196 valence electrons. The number of carbonyl (C=O) groups is 3. The summed E-state index contributed by atoms with van der Waals surface area (Å²) in [5.41, 5.74) is 2.08. The van der Waals surface area contributed by atoms with Gasteiger partial charge >= 0.3 is 0 Å². The highest BCUT2D eigenvalue weighted by molar-refractivity contribution is 6.07. The fraction of sp³-hybridized carbons (Fsp3) is 0.407. The molecular weight excluding hydrogens is 472 g/mol. The number of hydrogen-bond donors (Lipinski definition) is 2. The van der Waals surface area contributed by atoms with Crippen molar-refractivity contribution in [2.24, 2.45) is 0 Å². The van der Waals surface area contributed by atoms with Gasteiger partial charge in [0, 0.05) is 38.8 Å². The maximum Gasteiger partial charge on any atom is 0.270 e. The summed E-state index contributed by atoms with van der Waals surface area (Å²) in [7, 11) is 3.03. The molecule has 0 unspecified atom stereocenters. The number of ketones is 1. The molecule has 3 rings (SSSR count). The molecule has 2 aromatic rings. The SMILES string of the molecule is COc1cccc(C(=O)CNC(=O)c2c(N(C)C=O)c(C#N)c(N3CCCNCC3)n2CC=C(C)C)c1. The molecule has 0 saturated carbocycles. The van der Waals surface area contributed by atoms with Crippen molar-refractivity contribution >= 4 is 29.6 Å². The van der Waals surface area contributed by atoms with Crippen LogP contribution in [0.2, 0.25) is 0 Å². The molecule has 0 bridgehead atoms. The summed E-state index contributed by atoms with van der Waals surface area (Å²) in [5.74, 6) is 0.298. The number of Topliss-reactive ketones (excluding diaryl/α,β-unsaturated/α-hetero) is 1.